The topological polar surface area (TPSA) is 87.2 Å². The fourth-order valence-electron chi connectivity index (χ4n) is 2.01. The minimum Gasteiger partial charge on any atom is -0.336 e. The van der Waals surface area contributed by atoms with Gasteiger partial charge < -0.3 is 10.4 Å². The summed E-state index contributed by atoms with van der Waals surface area (Å²) >= 11 is 0. The average Bonchev–Trinajstić information content (AvgIpc) is 2.44. The number of fused-ring (bicyclic) bond motifs is 1. The quantitative estimate of drug-likeness (QED) is 0.670. The number of nitrogens with zero attached hydrogens (tertiary/aromatic N) is 2. The van der Waals surface area contributed by atoms with E-state index in [2.05, 4.69) is 9.51 Å². The summed E-state index contributed by atoms with van der Waals surface area (Å²) in [6.07, 6.45) is -1.10. The van der Waals surface area contributed by atoms with Crippen molar-refractivity contribution in [3.63, 3.8) is 0 Å². The molecule has 0 amide bonds. The van der Waals surface area contributed by atoms with Crippen LogP contribution in [0.25, 0.3) is 11.0 Å². The maximum Gasteiger partial charge on any atom is 0.327 e. The first-order valence-corrected chi connectivity index (χ1v) is 8.62. The highest BCUT2D eigenvalue weighted by Gasteiger charge is 2.48. The summed E-state index contributed by atoms with van der Waals surface area (Å²) in [6, 6.07) is 6.40. The zero-order valence-corrected chi connectivity index (χ0v) is 13.0. The molecule has 2 aromatic rings. The molecule has 2 N–H and O–H groups in total. The number of para-hydroxylation sites is 2. The van der Waals surface area contributed by atoms with Crippen LogP contribution >= 0.6 is 7.37 Å². The van der Waals surface area contributed by atoms with E-state index in [-0.39, 0.29) is 6.61 Å². The number of hydrogen-bond acceptors (Lipinski definition) is 5. The largest absolute Gasteiger partial charge is 0.336 e. The number of nitrogen functional groups attached to an aromatic ring is 1. The fourth-order valence-corrected chi connectivity index (χ4v) is 3.12. The van der Waals surface area contributed by atoms with Crippen LogP contribution in [0, 0.1) is 0 Å². The molecule has 9 heteroatoms. The van der Waals surface area contributed by atoms with Crippen LogP contribution in [0.4, 0.5) is 8.78 Å². The summed E-state index contributed by atoms with van der Waals surface area (Å²) in [4.78, 5) is 16.0. The lowest BCUT2D eigenvalue weighted by molar-refractivity contribution is 0.0696. The van der Waals surface area contributed by atoms with Crippen molar-refractivity contribution in [2.75, 3.05) is 19.1 Å². The zero-order chi connectivity index (χ0) is 16.5. The van der Waals surface area contributed by atoms with Gasteiger partial charge in [-0.05, 0) is 19.1 Å². The third kappa shape index (κ3) is 2.89. The van der Waals surface area contributed by atoms with Crippen LogP contribution in [0.15, 0.2) is 29.1 Å². The monoisotopic (exact) mass is 331 g/mol. The first-order chi connectivity index (χ1) is 10.2. The van der Waals surface area contributed by atoms with E-state index in [1.807, 2.05) is 0 Å². The van der Waals surface area contributed by atoms with Crippen molar-refractivity contribution in [3.8, 4) is 0 Å². The van der Waals surface area contributed by atoms with Crippen LogP contribution in [0.3, 0.4) is 0 Å². The average molecular weight is 331 g/mol. The molecule has 0 aliphatic rings. The molecule has 6 nitrogen and oxygen atoms in total. The maximum atomic E-state index is 14.2. The first-order valence-electron chi connectivity index (χ1n) is 6.55. The Hall–Kier alpha value is -1.79. The third-order valence-electron chi connectivity index (χ3n) is 3.21. The van der Waals surface area contributed by atoms with Crippen LogP contribution < -0.4 is 11.4 Å². The van der Waals surface area contributed by atoms with Gasteiger partial charge >= 0.3 is 5.66 Å². The molecule has 0 saturated heterocycles. The number of hydrogen-bond donors (Lipinski definition) is 1. The molecule has 1 aromatic carbocycles. The minimum absolute atomic E-state index is 0.115. The summed E-state index contributed by atoms with van der Waals surface area (Å²) in [6.45, 7) is 2.20. The fraction of sp³-hybridized carbons (Fsp3) is 0.385. The van der Waals surface area contributed by atoms with Gasteiger partial charge in [0.25, 0.3) is 12.9 Å². The Morgan fingerprint density at radius 3 is 2.68 bits per heavy atom. The van der Waals surface area contributed by atoms with Gasteiger partial charge in [0.2, 0.25) is 0 Å². The van der Waals surface area contributed by atoms with Gasteiger partial charge in [-0.25, -0.2) is 9.66 Å². The molecule has 120 valence electrons. The first kappa shape index (κ1) is 16.6. The van der Waals surface area contributed by atoms with Crippen LogP contribution in [-0.4, -0.2) is 28.6 Å². The molecule has 1 unspecified atom stereocenters. The highest BCUT2D eigenvalue weighted by Crippen LogP contribution is 2.58. The minimum atomic E-state index is -4.22. The van der Waals surface area contributed by atoms with Gasteiger partial charge in [-0.15, -0.1) is 0 Å². The van der Waals surface area contributed by atoms with Crippen molar-refractivity contribution in [1.82, 2.24) is 9.66 Å². The summed E-state index contributed by atoms with van der Waals surface area (Å²) in [5.41, 5.74) is -4.38. The Morgan fingerprint density at radius 2 is 2.05 bits per heavy atom. The normalized spacial score (nSPS) is 14.9. The van der Waals surface area contributed by atoms with Gasteiger partial charge in [0.1, 0.15) is 5.69 Å². The van der Waals surface area contributed by atoms with Crippen molar-refractivity contribution in [3.05, 3.63) is 40.3 Å². The molecule has 22 heavy (non-hydrogen) atoms. The van der Waals surface area contributed by atoms with Crippen molar-refractivity contribution in [2.45, 2.75) is 19.0 Å². The molecule has 1 aromatic heterocycles. The molecular weight excluding hydrogens is 315 g/mol. The van der Waals surface area contributed by atoms with Crippen LogP contribution in [0.2, 0.25) is 0 Å². The van der Waals surface area contributed by atoms with Crippen molar-refractivity contribution < 1.29 is 17.9 Å². The number of benzene rings is 1. The molecule has 1 atom stereocenters. The molecule has 0 saturated carbocycles. The number of alkyl halides is 2. The van der Waals surface area contributed by atoms with Gasteiger partial charge in [-0.3, -0.25) is 9.36 Å². The van der Waals surface area contributed by atoms with Crippen LogP contribution in [0.5, 0.6) is 0 Å². The Bertz CT molecular complexity index is 807. The number of rotatable bonds is 5. The second kappa shape index (κ2) is 5.78. The predicted octanol–water partition coefficient (Wildman–Crippen LogP) is 2.19. The van der Waals surface area contributed by atoms with Crippen LogP contribution in [-0.2, 0) is 15.5 Å². The van der Waals surface area contributed by atoms with Gasteiger partial charge in [0, 0.05) is 6.66 Å². The van der Waals surface area contributed by atoms with Crippen molar-refractivity contribution in [2.24, 2.45) is 0 Å². The van der Waals surface area contributed by atoms with E-state index >= 15 is 0 Å². The lowest BCUT2D eigenvalue weighted by Crippen LogP contribution is -2.34. The van der Waals surface area contributed by atoms with E-state index in [0.717, 1.165) is 11.3 Å². The lowest BCUT2D eigenvalue weighted by Gasteiger charge is -2.23. The number of halogens is 2. The summed E-state index contributed by atoms with van der Waals surface area (Å²) in [5.74, 6) is 5.62. The van der Waals surface area contributed by atoms with E-state index in [0.29, 0.717) is 11.0 Å². The predicted molar refractivity (Wildman–Crippen MR) is 80.0 cm³/mol. The second-order valence-corrected chi connectivity index (χ2v) is 7.43. The molecule has 0 aliphatic heterocycles. The Labute approximate surface area is 125 Å². The molecular formula is C13H16F2N3O3P. The van der Waals surface area contributed by atoms with E-state index in [1.165, 1.54) is 6.92 Å². The highest BCUT2D eigenvalue weighted by molar-refractivity contribution is 7.59. The molecule has 0 aliphatic carbocycles. The van der Waals surface area contributed by atoms with E-state index in [4.69, 9.17) is 5.84 Å². The maximum absolute atomic E-state index is 14.2. The molecule has 1 heterocycles. The Balaban J connectivity index is 2.50. The molecule has 0 radical (unpaired) electrons. The molecule has 2 rings (SSSR count). The number of aromatic nitrogens is 2. The molecule has 0 bridgehead atoms. The third-order valence-corrected chi connectivity index (χ3v) is 5.31. The van der Waals surface area contributed by atoms with Gasteiger partial charge in [-0.2, -0.15) is 8.78 Å². The SMILES string of the molecule is CCOP(C)(=O)C(F)(F)Cc1nc2ccccc2n(N)c1=O. The van der Waals surface area contributed by atoms with E-state index in [9.17, 15) is 18.1 Å². The summed E-state index contributed by atoms with van der Waals surface area (Å²) in [5, 5.41) is 0. The molecule has 0 spiro atoms. The van der Waals surface area contributed by atoms with Crippen molar-refractivity contribution in [1.29, 1.82) is 0 Å². The highest BCUT2D eigenvalue weighted by atomic mass is 31.2. The Kier molecular flexibility index (Phi) is 4.35. The van der Waals surface area contributed by atoms with E-state index in [1.54, 1.807) is 24.3 Å². The van der Waals surface area contributed by atoms with Crippen molar-refractivity contribution >= 4 is 18.4 Å². The number of nitrogens with two attached hydrogens (primary N) is 1. The second-order valence-electron chi connectivity index (χ2n) is 4.83. The van der Waals surface area contributed by atoms with Crippen LogP contribution in [0.1, 0.15) is 12.6 Å². The van der Waals surface area contributed by atoms with E-state index < -0.39 is 30.7 Å². The van der Waals surface area contributed by atoms with Gasteiger partial charge in [-0.1, -0.05) is 12.1 Å². The van der Waals surface area contributed by atoms with Gasteiger partial charge in [0.05, 0.1) is 24.1 Å². The zero-order valence-electron chi connectivity index (χ0n) is 12.1. The molecule has 0 fully saturated rings. The standard InChI is InChI=1S/C13H16F2N3O3P/c1-3-21-22(2,20)13(14,15)8-10-12(19)18(16)11-7-5-4-6-9(11)17-10/h4-7H,3,8,16H2,1-2H3. The van der Waals surface area contributed by atoms with Gasteiger partial charge in [0.15, 0.2) is 0 Å². The summed E-state index contributed by atoms with van der Waals surface area (Å²) in [7, 11) is -4.22. The smallest absolute Gasteiger partial charge is 0.327 e. The summed E-state index contributed by atoms with van der Waals surface area (Å²) < 4.78 is 45.7. The Morgan fingerprint density at radius 1 is 1.41 bits per heavy atom. The lowest BCUT2D eigenvalue weighted by atomic mass is 10.2.